The number of amides is 1. The van der Waals surface area contributed by atoms with Gasteiger partial charge in [-0.3, -0.25) is 19.6 Å². The number of nitrogens with zero attached hydrogens (tertiary/aromatic N) is 5. The number of anilines is 1. The van der Waals surface area contributed by atoms with Gasteiger partial charge in [-0.25, -0.2) is 0 Å². The Bertz CT molecular complexity index is 870. The van der Waals surface area contributed by atoms with E-state index in [1.807, 2.05) is 6.92 Å². The second-order valence-electron chi connectivity index (χ2n) is 7.38. The Morgan fingerprint density at radius 3 is 2.36 bits per heavy atom. The zero-order valence-electron chi connectivity index (χ0n) is 16.3. The third kappa shape index (κ3) is 4.11. The highest BCUT2D eigenvalue weighted by Gasteiger charge is 2.28. The molecule has 0 N–H and O–H groups in total. The van der Waals surface area contributed by atoms with Crippen LogP contribution in [0.3, 0.4) is 0 Å². The largest absolute Gasteiger partial charge is 0.368 e. The van der Waals surface area contributed by atoms with Gasteiger partial charge in [0.15, 0.2) is 0 Å². The summed E-state index contributed by atoms with van der Waals surface area (Å²) in [6.45, 7) is 9.05. The molecule has 2 aromatic rings. The van der Waals surface area contributed by atoms with Crippen molar-refractivity contribution < 1.29 is 9.72 Å². The molecular formula is C19H24ClN5O3. The predicted molar refractivity (Wildman–Crippen MR) is 108 cm³/mol. The summed E-state index contributed by atoms with van der Waals surface area (Å²) < 4.78 is 1.70. The second kappa shape index (κ2) is 8.18. The first-order valence-corrected chi connectivity index (χ1v) is 9.67. The maximum Gasteiger partial charge on any atom is 0.269 e. The minimum absolute atomic E-state index is 0.0705. The van der Waals surface area contributed by atoms with Crippen LogP contribution in [0.5, 0.6) is 0 Å². The first kappa shape index (κ1) is 20.1. The highest BCUT2D eigenvalue weighted by Crippen LogP contribution is 2.25. The van der Waals surface area contributed by atoms with Gasteiger partial charge in [0, 0.05) is 50.5 Å². The van der Waals surface area contributed by atoms with Gasteiger partial charge in [0.2, 0.25) is 0 Å². The molecule has 1 fully saturated rings. The minimum Gasteiger partial charge on any atom is -0.368 e. The molecule has 0 aliphatic carbocycles. The van der Waals surface area contributed by atoms with Crippen molar-refractivity contribution in [3.8, 4) is 0 Å². The number of piperazine rings is 1. The third-order valence-corrected chi connectivity index (χ3v) is 5.19. The van der Waals surface area contributed by atoms with Crippen LogP contribution in [-0.2, 0) is 6.54 Å². The second-order valence-corrected chi connectivity index (χ2v) is 7.74. The van der Waals surface area contributed by atoms with Gasteiger partial charge in [-0.2, -0.15) is 5.10 Å². The van der Waals surface area contributed by atoms with Gasteiger partial charge >= 0.3 is 0 Å². The normalized spacial score (nSPS) is 14.6. The summed E-state index contributed by atoms with van der Waals surface area (Å²) >= 11 is 6.44. The first-order chi connectivity index (χ1) is 13.3. The zero-order valence-corrected chi connectivity index (χ0v) is 17.0. The number of nitro groups is 1. The van der Waals surface area contributed by atoms with Gasteiger partial charge in [-0.1, -0.05) is 25.4 Å². The molecule has 0 bridgehead atoms. The van der Waals surface area contributed by atoms with E-state index in [1.165, 1.54) is 12.1 Å². The molecular weight excluding hydrogens is 382 g/mol. The number of hydrogen-bond donors (Lipinski definition) is 0. The van der Waals surface area contributed by atoms with E-state index >= 15 is 0 Å². The number of rotatable bonds is 5. The lowest BCUT2D eigenvalue weighted by molar-refractivity contribution is -0.384. The van der Waals surface area contributed by atoms with Crippen LogP contribution < -0.4 is 4.90 Å². The summed E-state index contributed by atoms with van der Waals surface area (Å²) in [6.07, 6.45) is 0. The molecule has 1 amide bonds. The molecule has 2 heterocycles. The maximum absolute atomic E-state index is 13.0. The number of aryl methyl sites for hydroxylation is 1. The summed E-state index contributed by atoms with van der Waals surface area (Å²) in [5.74, 6) is 0.283. The van der Waals surface area contributed by atoms with Gasteiger partial charge in [-0.05, 0) is 25.0 Å². The minimum atomic E-state index is -0.411. The number of halogens is 1. The van der Waals surface area contributed by atoms with Crippen molar-refractivity contribution in [2.75, 3.05) is 31.1 Å². The van der Waals surface area contributed by atoms with Crippen LogP contribution in [-0.4, -0.2) is 51.7 Å². The maximum atomic E-state index is 13.0. The van der Waals surface area contributed by atoms with E-state index in [2.05, 4.69) is 23.8 Å². The number of carbonyl (C=O) groups excluding carboxylic acids is 1. The van der Waals surface area contributed by atoms with Gasteiger partial charge in [0.25, 0.3) is 11.6 Å². The van der Waals surface area contributed by atoms with E-state index in [-0.39, 0.29) is 11.6 Å². The van der Waals surface area contributed by atoms with Crippen LogP contribution in [0.2, 0.25) is 5.15 Å². The van der Waals surface area contributed by atoms with Crippen molar-refractivity contribution in [3.63, 3.8) is 0 Å². The van der Waals surface area contributed by atoms with Crippen LogP contribution in [0, 0.1) is 23.0 Å². The molecule has 9 heteroatoms. The Morgan fingerprint density at radius 1 is 1.21 bits per heavy atom. The molecule has 0 spiro atoms. The summed E-state index contributed by atoms with van der Waals surface area (Å²) in [5, 5.41) is 15.6. The van der Waals surface area contributed by atoms with E-state index in [9.17, 15) is 14.9 Å². The number of hydrogen-bond acceptors (Lipinski definition) is 5. The van der Waals surface area contributed by atoms with Crippen molar-refractivity contribution in [1.29, 1.82) is 0 Å². The van der Waals surface area contributed by atoms with Gasteiger partial charge in [-0.15, -0.1) is 0 Å². The molecule has 28 heavy (non-hydrogen) atoms. The molecule has 1 aliphatic rings. The average molecular weight is 406 g/mol. The lowest BCUT2D eigenvalue weighted by atomic mass is 10.2. The van der Waals surface area contributed by atoms with E-state index < -0.39 is 4.92 Å². The highest BCUT2D eigenvalue weighted by atomic mass is 35.5. The summed E-state index contributed by atoms with van der Waals surface area (Å²) in [4.78, 5) is 27.3. The van der Waals surface area contributed by atoms with Crippen molar-refractivity contribution >= 4 is 28.9 Å². The molecule has 3 rings (SSSR count). The van der Waals surface area contributed by atoms with Crippen molar-refractivity contribution in [3.05, 3.63) is 50.8 Å². The molecule has 1 aliphatic heterocycles. The van der Waals surface area contributed by atoms with E-state index in [0.717, 1.165) is 5.69 Å². The lowest BCUT2D eigenvalue weighted by Crippen LogP contribution is -2.49. The van der Waals surface area contributed by atoms with Crippen molar-refractivity contribution in [1.82, 2.24) is 14.7 Å². The molecule has 0 radical (unpaired) electrons. The number of carbonyl (C=O) groups is 1. The summed E-state index contributed by atoms with van der Waals surface area (Å²) in [7, 11) is 0. The molecule has 1 saturated heterocycles. The smallest absolute Gasteiger partial charge is 0.269 e. The fraction of sp³-hybridized carbons (Fsp3) is 0.474. The van der Waals surface area contributed by atoms with Crippen LogP contribution in [0.4, 0.5) is 11.4 Å². The first-order valence-electron chi connectivity index (χ1n) is 9.29. The molecule has 150 valence electrons. The quantitative estimate of drug-likeness (QED) is 0.562. The van der Waals surface area contributed by atoms with Crippen molar-refractivity contribution in [2.45, 2.75) is 27.3 Å². The molecule has 0 unspecified atom stereocenters. The van der Waals surface area contributed by atoms with E-state index in [0.29, 0.717) is 55.1 Å². The standard InChI is InChI=1S/C19H24ClN5O3/c1-13(2)12-24-18(20)17(14(3)21-24)19(26)23-10-8-22(9-11-23)15-4-6-16(7-5-15)25(27)28/h4-7,13H,8-12H2,1-3H3. The summed E-state index contributed by atoms with van der Waals surface area (Å²) in [6, 6.07) is 6.48. The Kier molecular flexibility index (Phi) is 5.88. The Balaban J connectivity index is 1.67. The third-order valence-electron chi connectivity index (χ3n) is 4.81. The van der Waals surface area contributed by atoms with E-state index in [4.69, 9.17) is 11.6 Å². The fourth-order valence-electron chi connectivity index (χ4n) is 3.37. The van der Waals surface area contributed by atoms with Crippen LogP contribution >= 0.6 is 11.6 Å². The number of nitro benzene ring substituents is 1. The van der Waals surface area contributed by atoms with E-state index in [1.54, 1.807) is 21.7 Å². The summed E-state index contributed by atoms with van der Waals surface area (Å²) in [5.41, 5.74) is 2.11. The Labute approximate surface area is 168 Å². The number of aromatic nitrogens is 2. The van der Waals surface area contributed by atoms with Crippen molar-refractivity contribution in [2.24, 2.45) is 5.92 Å². The lowest BCUT2D eigenvalue weighted by Gasteiger charge is -2.36. The monoisotopic (exact) mass is 405 g/mol. The Morgan fingerprint density at radius 2 is 1.82 bits per heavy atom. The molecule has 1 aromatic heterocycles. The Hall–Kier alpha value is -2.61. The van der Waals surface area contributed by atoms with Gasteiger partial charge < -0.3 is 9.80 Å². The van der Waals surface area contributed by atoms with Gasteiger partial charge in [0.05, 0.1) is 16.2 Å². The topological polar surface area (TPSA) is 84.5 Å². The molecule has 8 nitrogen and oxygen atoms in total. The highest BCUT2D eigenvalue weighted by molar-refractivity contribution is 6.33. The molecule has 1 aromatic carbocycles. The van der Waals surface area contributed by atoms with Gasteiger partial charge in [0.1, 0.15) is 5.15 Å². The predicted octanol–water partition coefficient (Wildman–Crippen LogP) is 3.37. The number of non-ortho nitro benzene ring substituents is 1. The fourth-order valence-corrected chi connectivity index (χ4v) is 3.70. The number of benzene rings is 1. The molecule has 0 atom stereocenters. The zero-order chi connectivity index (χ0) is 20.4. The average Bonchev–Trinajstić information content (AvgIpc) is 2.94. The molecule has 0 saturated carbocycles. The van der Waals surface area contributed by atoms with Crippen LogP contribution in [0.15, 0.2) is 24.3 Å². The SMILES string of the molecule is Cc1nn(CC(C)C)c(Cl)c1C(=O)N1CCN(c2ccc([N+](=O)[O-])cc2)CC1. The van der Waals surface area contributed by atoms with Crippen LogP contribution in [0.25, 0.3) is 0 Å². The van der Waals surface area contributed by atoms with Crippen LogP contribution in [0.1, 0.15) is 29.9 Å².